The molecule has 0 aliphatic rings. The predicted octanol–water partition coefficient (Wildman–Crippen LogP) is 0.889. The lowest BCUT2D eigenvalue weighted by Crippen LogP contribution is -2.31. The van der Waals surface area contributed by atoms with Crippen molar-refractivity contribution in [2.75, 3.05) is 12.8 Å². The molecular formula is C9H13ClN2O2S. The van der Waals surface area contributed by atoms with Crippen molar-refractivity contribution in [3.05, 3.63) is 34.9 Å². The van der Waals surface area contributed by atoms with Crippen molar-refractivity contribution < 1.29 is 8.42 Å². The van der Waals surface area contributed by atoms with Gasteiger partial charge < -0.3 is 5.73 Å². The Morgan fingerprint density at radius 2 is 2.07 bits per heavy atom. The summed E-state index contributed by atoms with van der Waals surface area (Å²) in [5.41, 5.74) is 6.52. The van der Waals surface area contributed by atoms with Crippen molar-refractivity contribution in [2.45, 2.75) is 6.04 Å². The highest BCUT2D eigenvalue weighted by molar-refractivity contribution is 7.88. The lowest BCUT2D eigenvalue weighted by molar-refractivity contribution is 0.578. The maximum atomic E-state index is 10.9. The van der Waals surface area contributed by atoms with Crippen LogP contribution in [0.3, 0.4) is 0 Å². The van der Waals surface area contributed by atoms with Crippen LogP contribution in [0.15, 0.2) is 24.3 Å². The van der Waals surface area contributed by atoms with Gasteiger partial charge in [-0.2, -0.15) is 0 Å². The van der Waals surface area contributed by atoms with Crippen LogP contribution in [0.25, 0.3) is 0 Å². The van der Waals surface area contributed by atoms with Gasteiger partial charge in [0, 0.05) is 17.6 Å². The van der Waals surface area contributed by atoms with Gasteiger partial charge in [0.1, 0.15) is 0 Å². The van der Waals surface area contributed by atoms with Crippen molar-refractivity contribution in [3.8, 4) is 0 Å². The third-order valence-corrected chi connectivity index (χ3v) is 2.91. The summed E-state index contributed by atoms with van der Waals surface area (Å²) in [6.45, 7) is 0.141. The minimum absolute atomic E-state index is 0.141. The molecule has 0 aliphatic carbocycles. The molecule has 0 spiro atoms. The van der Waals surface area contributed by atoms with Gasteiger partial charge in [-0.3, -0.25) is 0 Å². The highest BCUT2D eigenvalue weighted by Crippen LogP contribution is 2.20. The fourth-order valence-corrected chi connectivity index (χ4v) is 1.89. The second-order valence-electron chi connectivity index (χ2n) is 3.25. The van der Waals surface area contributed by atoms with Crippen LogP contribution in [0.1, 0.15) is 11.6 Å². The molecule has 0 aromatic heterocycles. The van der Waals surface area contributed by atoms with E-state index in [0.29, 0.717) is 5.02 Å². The molecule has 0 saturated carbocycles. The molecule has 0 fully saturated rings. The van der Waals surface area contributed by atoms with E-state index in [-0.39, 0.29) is 6.54 Å². The van der Waals surface area contributed by atoms with E-state index in [2.05, 4.69) is 4.72 Å². The van der Waals surface area contributed by atoms with Crippen molar-refractivity contribution in [2.24, 2.45) is 5.73 Å². The molecule has 3 N–H and O–H groups in total. The normalized spacial score (nSPS) is 13.8. The molecule has 0 aliphatic heterocycles. The van der Waals surface area contributed by atoms with Gasteiger partial charge in [0.05, 0.1) is 6.26 Å². The molecule has 1 aromatic rings. The summed E-state index contributed by atoms with van der Waals surface area (Å²) >= 11 is 5.91. The zero-order chi connectivity index (χ0) is 11.5. The molecule has 0 amide bonds. The number of benzene rings is 1. The van der Waals surface area contributed by atoms with E-state index in [1.165, 1.54) is 0 Å². The standard InChI is InChI=1S/C9H13ClN2O2S/c1-15(13,14)12-6-9(11)7-4-2-3-5-8(7)10/h2-5,9,12H,6,11H2,1H3. The topological polar surface area (TPSA) is 72.2 Å². The minimum Gasteiger partial charge on any atom is -0.323 e. The molecule has 0 radical (unpaired) electrons. The van der Waals surface area contributed by atoms with Gasteiger partial charge in [0.2, 0.25) is 10.0 Å². The summed E-state index contributed by atoms with van der Waals surface area (Å²) in [5, 5.41) is 0.542. The van der Waals surface area contributed by atoms with Gasteiger partial charge in [-0.1, -0.05) is 29.8 Å². The van der Waals surface area contributed by atoms with Crippen LogP contribution in [0, 0.1) is 0 Å². The highest BCUT2D eigenvalue weighted by atomic mass is 35.5. The second-order valence-corrected chi connectivity index (χ2v) is 5.49. The first-order valence-corrected chi connectivity index (χ1v) is 6.62. The molecular weight excluding hydrogens is 236 g/mol. The Kier molecular flexibility index (Phi) is 4.10. The van der Waals surface area contributed by atoms with E-state index in [4.69, 9.17) is 17.3 Å². The number of hydrogen-bond acceptors (Lipinski definition) is 3. The van der Waals surface area contributed by atoms with Crippen LogP contribution in [-0.2, 0) is 10.0 Å². The Morgan fingerprint density at radius 1 is 1.47 bits per heavy atom. The Morgan fingerprint density at radius 3 is 2.60 bits per heavy atom. The summed E-state index contributed by atoms with van der Waals surface area (Å²) in [5.74, 6) is 0. The summed E-state index contributed by atoms with van der Waals surface area (Å²) in [6.07, 6.45) is 1.09. The molecule has 6 heteroatoms. The molecule has 15 heavy (non-hydrogen) atoms. The number of nitrogens with one attached hydrogen (secondary N) is 1. The molecule has 1 atom stereocenters. The molecule has 84 valence electrons. The van der Waals surface area contributed by atoms with E-state index in [0.717, 1.165) is 11.8 Å². The molecule has 1 rings (SSSR count). The van der Waals surface area contributed by atoms with Crippen LogP contribution >= 0.6 is 11.6 Å². The van der Waals surface area contributed by atoms with Gasteiger partial charge in [-0.25, -0.2) is 13.1 Å². The van der Waals surface area contributed by atoms with E-state index >= 15 is 0 Å². The third-order valence-electron chi connectivity index (χ3n) is 1.87. The third kappa shape index (κ3) is 4.17. The first kappa shape index (κ1) is 12.4. The minimum atomic E-state index is -3.21. The summed E-state index contributed by atoms with van der Waals surface area (Å²) in [4.78, 5) is 0. The second kappa shape index (κ2) is 4.94. The van der Waals surface area contributed by atoms with Gasteiger partial charge in [-0.15, -0.1) is 0 Å². The maximum absolute atomic E-state index is 10.9. The molecule has 0 bridgehead atoms. The maximum Gasteiger partial charge on any atom is 0.208 e. The van der Waals surface area contributed by atoms with Crippen molar-refractivity contribution in [3.63, 3.8) is 0 Å². The van der Waals surface area contributed by atoms with Crippen molar-refractivity contribution in [1.82, 2.24) is 4.72 Å². The van der Waals surface area contributed by atoms with Crippen LogP contribution in [0.5, 0.6) is 0 Å². The molecule has 0 heterocycles. The molecule has 4 nitrogen and oxygen atoms in total. The predicted molar refractivity (Wildman–Crippen MR) is 61.2 cm³/mol. The summed E-state index contributed by atoms with van der Waals surface area (Å²) in [7, 11) is -3.21. The number of hydrogen-bond donors (Lipinski definition) is 2. The van der Waals surface area contributed by atoms with Crippen LogP contribution < -0.4 is 10.5 Å². The summed E-state index contributed by atoms with van der Waals surface area (Å²) in [6, 6.07) is 6.66. The average Bonchev–Trinajstić information content (AvgIpc) is 2.14. The number of sulfonamides is 1. The zero-order valence-electron chi connectivity index (χ0n) is 8.27. The number of nitrogens with two attached hydrogens (primary N) is 1. The molecule has 0 saturated heterocycles. The first-order chi connectivity index (χ1) is 6.90. The van der Waals surface area contributed by atoms with E-state index in [9.17, 15) is 8.42 Å². The zero-order valence-corrected chi connectivity index (χ0v) is 9.85. The quantitative estimate of drug-likeness (QED) is 0.831. The fourth-order valence-electron chi connectivity index (χ4n) is 1.13. The lowest BCUT2D eigenvalue weighted by atomic mass is 10.1. The fraction of sp³-hybridized carbons (Fsp3) is 0.333. The molecule has 1 aromatic carbocycles. The smallest absolute Gasteiger partial charge is 0.208 e. The first-order valence-electron chi connectivity index (χ1n) is 4.35. The molecule has 1 unspecified atom stereocenters. The Labute approximate surface area is 94.5 Å². The highest BCUT2D eigenvalue weighted by Gasteiger charge is 2.11. The Balaban J connectivity index is 2.70. The number of rotatable bonds is 4. The van der Waals surface area contributed by atoms with Gasteiger partial charge in [-0.05, 0) is 11.6 Å². The largest absolute Gasteiger partial charge is 0.323 e. The van der Waals surface area contributed by atoms with Crippen LogP contribution in [0.4, 0.5) is 0 Å². The van der Waals surface area contributed by atoms with Crippen LogP contribution in [-0.4, -0.2) is 21.2 Å². The SMILES string of the molecule is CS(=O)(=O)NCC(N)c1ccccc1Cl. The van der Waals surface area contributed by atoms with Gasteiger partial charge >= 0.3 is 0 Å². The van der Waals surface area contributed by atoms with Gasteiger partial charge in [0.25, 0.3) is 0 Å². The van der Waals surface area contributed by atoms with Crippen LogP contribution in [0.2, 0.25) is 5.02 Å². The van der Waals surface area contributed by atoms with Gasteiger partial charge in [0.15, 0.2) is 0 Å². The Hall–Kier alpha value is -0.620. The average molecular weight is 249 g/mol. The number of halogens is 1. The van der Waals surface area contributed by atoms with E-state index in [1.807, 2.05) is 6.07 Å². The Bertz CT molecular complexity index is 433. The van der Waals surface area contributed by atoms with Crippen molar-refractivity contribution in [1.29, 1.82) is 0 Å². The summed E-state index contributed by atoms with van der Waals surface area (Å²) < 4.78 is 24.0. The lowest BCUT2D eigenvalue weighted by Gasteiger charge is -2.13. The van der Waals surface area contributed by atoms with E-state index in [1.54, 1.807) is 18.2 Å². The van der Waals surface area contributed by atoms with E-state index < -0.39 is 16.1 Å². The monoisotopic (exact) mass is 248 g/mol. The van der Waals surface area contributed by atoms with Crippen molar-refractivity contribution >= 4 is 21.6 Å².